The molecule has 3 nitrogen and oxygen atoms in total. The molecule has 0 bridgehead atoms. The number of ketones is 1. The molecule has 0 saturated carbocycles. The van der Waals surface area contributed by atoms with Gasteiger partial charge in [0, 0.05) is 16.7 Å². The summed E-state index contributed by atoms with van der Waals surface area (Å²) in [7, 11) is 0. The summed E-state index contributed by atoms with van der Waals surface area (Å²) in [5, 5.41) is 10.5. The van der Waals surface area contributed by atoms with E-state index in [0.29, 0.717) is 11.3 Å². The number of ether oxygens (including phenoxy) is 1. The lowest BCUT2D eigenvalue weighted by molar-refractivity contribution is -0.137. The van der Waals surface area contributed by atoms with Crippen molar-refractivity contribution < 1.29 is 27.8 Å². The van der Waals surface area contributed by atoms with Gasteiger partial charge >= 0.3 is 6.18 Å². The number of rotatable bonds is 2. The molecule has 1 aliphatic rings. The first-order valence-electron chi connectivity index (χ1n) is 7.88. The van der Waals surface area contributed by atoms with Crippen LogP contribution in [0.25, 0.3) is 0 Å². The lowest BCUT2D eigenvalue weighted by Crippen LogP contribution is -2.45. The van der Waals surface area contributed by atoms with Crippen molar-refractivity contribution in [2.45, 2.75) is 36.6 Å². The fraction of sp³-hybridized carbons (Fsp3) is 0.316. The Hall–Kier alpha value is -1.86. The van der Waals surface area contributed by atoms with Gasteiger partial charge in [-0.3, -0.25) is 4.79 Å². The van der Waals surface area contributed by atoms with Crippen molar-refractivity contribution in [2.24, 2.45) is 0 Å². The first kappa shape index (κ1) is 18.9. The van der Waals surface area contributed by atoms with Crippen LogP contribution in [-0.4, -0.2) is 21.3 Å². The molecule has 3 rings (SSSR count). The zero-order valence-corrected chi connectivity index (χ0v) is 15.6. The van der Waals surface area contributed by atoms with Crippen LogP contribution in [-0.2, 0) is 6.18 Å². The first-order chi connectivity index (χ1) is 12.0. The average molecular weight is 429 g/mol. The van der Waals surface area contributed by atoms with Gasteiger partial charge in [0.2, 0.25) is 0 Å². The molecule has 0 radical (unpaired) electrons. The third kappa shape index (κ3) is 3.25. The van der Waals surface area contributed by atoms with E-state index in [4.69, 9.17) is 4.74 Å². The predicted molar refractivity (Wildman–Crippen MR) is 93.7 cm³/mol. The lowest BCUT2D eigenvalue weighted by atomic mass is 9.89. The van der Waals surface area contributed by atoms with E-state index < -0.39 is 39.6 Å². The maximum Gasteiger partial charge on any atom is 0.417 e. The summed E-state index contributed by atoms with van der Waals surface area (Å²) >= 11 is 3.38. The van der Waals surface area contributed by atoms with E-state index >= 15 is 0 Å². The number of aliphatic hydroxyl groups is 1. The van der Waals surface area contributed by atoms with E-state index in [1.165, 1.54) is 30.3 Å². The molecular formula is C19H16BrF3O3. The standard InChI is InChI=1S/C19H16BrF3O3/c1-18(2)17(20)16(25)12-9-10(7-8-14(12)26-18)15(24)11-5-3-4-6-13(11)19(21,22)23/h3-9,16-17,25H,1-2H3/t16-,17+/m0/s1. The number of hydrogen-bond donors (Lipinski definition) is 1. The molecule has 1 heterocycles. The Kier molecular flexibility index (Phi) is 4.65. The fourth-order valence-electron chi connectivity index (χ4n) is 2.98. The van der Waals surface area contributed by atoms with Crippen molar-refractivity contribution in [3.63, 3.8) is 0 Å². The molecule has 2 aromatic carbocycles. The van der Waals surface area contributed by atoms with Crippen molar-refractivity contribution in [1.29, 1.82) is 0 Å². The summed E-state index contributed by atoms with van der Waals surface area (Å²) in [6, 6.07) is 8.94. The molecule has 138 valence electrons. The highest BCUT2D eigenvalue weighted by Gasteiger charge is 2.42. The Morgan fingerprint density at radius 3 is 2.50 bits per heavy atom. The second-order valence-corrected chi connectivity index (χ2v) is 7.66. The molecule has 1 aliphatic heterocycles. The zero-order valence-electron chi connectivity index (χ0n) is 14.0. The van der Waals surface area contributed by atoms with E-state index in [1.54, 1.807) is 13.8 Å². The highest BCUT2D eigenvalue weighted by Crippen LogP contribution is 2.44. The smallest absolute Gasteiger partial charge is 0.417 e. The summed E-state index contributed by atoms with van der Waals surface area (Å²) < 4.78 is 45.4. The molecule has 0 aliphatic carbocycles. The van der Waals surface area contributed by atoms with Gasteiger partial charge in [-0.2, -0.15) is 13.2 Å². The maximum atomic E-state index is 13.2. The highest BCUT2D eigenvalue weighted by molar-refractivity contribution is 9.09. The van der Waals surface area contributed by atoms with Gasteiger partial charge in [-0.15, -0.1) is 0 Å². The van der Waals surface area contributed by atoms with Crippen LogP contribution in [0, 0.1) is 0 Å². The summed E-state index contributed by atoms with van der Waals surface area (Å²) in [4.78, 5) is 12.2. The van der Waals surface area contributed by atoms with Crippen LogP contribution < -0.4 is 4.74 Å². The Labute approximate surface area is 156 Å². The summed E-state index contributed by atoms with van der Waals surface area (Å²) in [6.45, 7) is 3.61. The highest BCUT2D eigenvalue weighted by atomic mass is 79.9. The van der Waals surface area contributed by atoms with Crippen molar-refractivity contribution in [2.75, 3.05) is 0 Å². The number of benzene rings is 2. The molecule has 26 heavy (non-hydrogen) atoms. The SMILES string of the molecule is CC1(C)Oc2ccc(C(=O)c3ccccc3C(F)(F)F)cc2[C@H](O)[C@H]1Br. The van der Waals surface area contributed by atoms with Gasteiger partial charge in [-0.1, -0.05) is 34.1 Å². The Balaban J connectivity index is 2.05. The second-order valence-electron chi connectivity index (χ2n) is 6.68. The minimum Gasteiger partial charge on any atom is -0.486 e. The summed E-state index contributed by atoms with van der Waals surface area (Å²) in [5.74, 6) is -0.359. The molecular weight excluding hydrogens is 413 g/mol. The van der Waals surface area contributed by atoms with E-state index in [9.17, 15) is 23.1 Å². The van der Waals surface area contributed by atoms with Crippen LogP contribution in [0.5, 0.6) is 5.75 Å². The average Bonchev–Trinajstić information content (AvgIpc) is 2.58. The van der Waals surface area contributed by atoms with E-state index in [1.807, 2.05) is 0 Å². The van der Waals surface area contributed by atoms with E-state index in [2.05, 4.69) is 15.9 Å². The van der Waals surface area contributed by atoms with Crippen LogP contribution >= 0.6 is 15.9 Å². The van der Waals surface area contributed by atoms with E-state index in [-0.39, 0.29) is 5.56 Å². The van der Waals surface area contributed by atoms with Gasteiger partial charge in [0.25, 0.3) is 0 Å². The van der Waals surface area contributed by atoms with Crippen LogP contribution in [0.3, 0.4) is 0 Å². The molecule has 0 aromatic heterocycles. The normalized spacial score (nSPS) is 21.7. The Morgan fingerprint density at radius 2 is 1.85 bits per heavy atom. The predicted octanol–water partition coefficient (Wildman–Crippen LogP) is 4.90. The van der Waals surface area contributed by atoms with E-state index in [0.717, 1.165) is 12.1 Å². The largest absolute Gasteiger partial charge is 0.486 e. The molecule has 0 unspecified atom stereocenters. The lowest BCUT2D eigenvalue weighted by Gasteiger charge is -2.40. The first-order valence-corrected chi connectivity index (χ1v) is 8.80. The second kappa shape index (κ2) is 6.39. The molecule has 0 amide bonds. The van der Waals surface area contributed by atoms with Crippen molar-refractivity contribution in [1.82, 2.24) is 0 Å². The number of aliphatic hydroxyl groups excluding tert-OH is 1. The maximum absolute atomic E-state index is 13.2. The van der Waals surface area contributed by atoms with Crippen LogP contribution in [0.2, 0.25) is 0 Å². The number of halogens is 4. The van der Waals surface area contributed by atoms with Crippen molar-refractivity contribution in [3.8, 4) is 5.75 Å². The molecule has 0 saturated heterocycles. The van der Waals surface area contributed by atoms with Crippen molar-refractivity contribution in [3.05, 3.63) is 64.7 Å². The number of alkyl halides is 4. The Bertz CT molecular complexity index is 861. The van der Waals surface area contributed by atoms with Crippen LogP contribution in [0.4, 0.5) is 13.2 Å². The van der Waals surface area contributed by atoms with Gasteiger partial charge in [0.15, 0.2) is 5.78 Å². The molecule has 2 aromatic rings. The molecule has 0 fully saturated rings. The van der Waals surface area contributed by atoms with Crippen molar-refractivity contribution >= 4 is 21.7 Å². The summed E-state index contributed by atoms with van der Waals surface area (Å²) in [6.07, 6.45) is -5.59. The molecule has 0 spiro atoms. The summed E-state index contributed by atoms with van der Waals surface area (Å²) in [5.41, 5.74) is -1.68. The van der Waals surface area contributed by atoms with Gasteiger partial charge in [-0.05, 0) is 38.1 Å². The Morgan fingerprint density at radius 1 is 1.19 bits per heavy atom. The monoisotopic (exact) mass is 428 g/mol. The molecule has 1 N–H and O–H groups in total. The van der Waals surface area contributed by atoms with Crippen LogP contribution in [0.15, 0.2) is 42.5 Å². The topological polar surface area (TPSA) is 46.5 Å². The molecule has 7 heteroatoms. The third-order valence-electron chi connectivity index (χ3n) is 4.38. The minimum absolute atomic E-state index is 0.0579. The number of hydrogen-bond acceptors (Lipinski definition) is 3. The van der Waals surface area contributed by atoms with Gasteiger partial charge in [0.1, 0.15) is 11.4 Å². The minimum atomic E-state index is -4.63. The number of carbonyl (C=O) groups is 1. The van der Waals surface area contributed by atoms with Gasteiger partial charge < -0.3 is 9.84 Å². The van der Waals surface area contributed by atoms with Gasteiger partial charge in [0.05, 0.1) is 16.5 Å². The number of carbonyl (C=O) groups excluding carboxylic acids is 1. The zero-order chi connectivity index (χ0) is 19.3. The van der Waals surface area contributed by atoms with Crippen LogP contribution in [0.1, 0.15) is 47.0 Å². The van der Waals surface area contributed by atoms with Gasteiger partial charge in [-0.25, -0.2) is 0 Å². The quantitative estimate of drug-likeness (QED) is 0.546. The molecule has 2 atom stereocenters. The number of fused-ring (bicyclic) bond motifs is 1. The fourth-order valence-corrected chi connectivity index (χ4v) is 3.35. The third-order valence-corrected chi connectivity index (χ3v) is 5.99.